The van der Waals surface area contributed by atoms with Crippen LogP contribution in [0.3, 0.4) is 0 Å². The Bertz CT molecular complexity index is 251. The molecule has 0 bridgehead atoms. The zero-order valence-corrected chi connectivity index (χ0v) is 8.41. The van der Waals surface area contributed by atoms with E-state index in [1.807, 2.05) is 37.3 Å². The minimum Gasteiger partial charge on any atom is -0.388 e. The van der Waals surface area contributed by atoms with Gasteiger partial charge in [-0.25, -0.2) is 0 Å². The molecule has 0 amide bonds. The van der Waals surface area contributed by atoms with Gasteiger partial charge in [0.1, 0.15) is 0 Å². The number of para-hydroxylation sites is 1. The van der Waals surface area contributed by atoms with Gasteiger partial charge in [-0.2, -0.15) is 0 Å². The van der Waals surface area contributed by atoms with E-state index in [0.717, 1.165) is 5.69 Å². The number of benzene rings is 1. The van der Waals surface area contributed by atoms with E-state index in [-0.39, 0.29) is 6.04 Å². The van der Waals surface area contributed by atoms with Crippen molar-refractivity contribution in [2.24, 2.45) is 0 Å². The molecule has 0 aromatic heterocycles. The number of hydrogen-bond acceptors (Lipinski definition) is 2. The normalized spacial score (nSPS) is 13.8. The molecule has 1 atom stereocenters. The van der Waals surface area contributed by atoms with Crippen molar-refractivity contribution in [3.8, 4) is 0 Å². The Morgan fingerprint density at radius 3 is 2.23 bits per heavy atom. The second kappa shape index (κ2) is 3.79. The molecule has 0 spiro atoms. The molecule has 0 aliphatic carbocycles. The predicted octanol–water partition coefficient (Wildman–Crippen LogP) is 2.26. The van der Waals surface area contributed by atoms with Crippen LogP contribution in [-0.4, -0.2) is 16.7 Å². The van der Waals surface area contributed by atoms with Gasteiger partial charge in [-0.1, -0.05) is 18.2 Å². The van der Waals surface area contributed by atoms with Gasteiger partial charge >= 0.3 is 0 Å². The van der Waals surface area contributed by atoms with Gasteiger partial charge in [0.15, 0.2) is 0 Å². The Kier molecular flexibility index (Phi) is 2.94. The number of hydrogen-bond donors (Lipinski definition) is 2. The van der Waals surface area contributed by atoms with Gasteiger partial charge in [0.25, 0.3) is 0 Å². The molecule has 13 heavy (non-hydrogen) atoms. The third-order valence-corrected chi connectivity index (χ3v) is 2.22. The molecule has 0 aliphatic heterocycles. The summed E-state index contributed by atoms with van der Waals surface area (Å²) in [6.07, 6.45) is 0. The molecular weight excluding hydrogens is 162 g/mol. The molecule has 0 fully saturated rings. The van der Waals surface area contributed by atoms with Gasteiger partial charge in [-0.15, -0.1) is 0 Å². The van der Waals surface area contributed by atoms with Crippen molar-refractivity contribution in [2.75, 3.05) is 5.32 Å². The lowest BCUT2D eigenvalue weighted by Crippen LogP contribution is -2.39. The smallest absolute Gasteiger partial charge is 0.0789 e. The summed E-state index contributed by atoms with van der Waals surface area (Å²) >= 11 is 0. The molecule has 2 heteroatoms. The van der Waals surface area contributed by atoms with E-state index in [2.05, 4.69) is 5.32 Å². The molecule has 0 aliphatic rings. The lowest BCUT2D eigenvalue weighted by atomic mass is 10.0. The van der Waals surface area contributed by atoms with Crippen molar-refractivity contribution in [3.05, 3.63) is 30.3 Å². The largest absolute Gasteiger partial charge is 0.388 e. The van der Waals surface area contributed by atoms with Gasteiger partial charge in [0.2, 0.25) is 0 Å². The molecule has 0 saturated heterocycles. The van der Waals surface area contributed by atoms with Gasteiger partial charge in [-0.05, 0) is 32.9 Å². The Labute approximate surface area is 79.6 Å². The maximum Gasteiger partial charge on any atom is 0.0789 e. The van der Waals surface area contributed by atoms with Crippen molar-refractivity contribution < 1.29 is 5.11 Å². The summed E-state index contributed by atoms with van der Waals surface area (Å²) in [5.41, 5.74) is 0.340. The van der Waals surface area contributed by atoms with Crippen LogP contribution >= 0.6 is 0 Å². The summed E-state index contributed by atoms with van der Waals surface area (Å²) in [5.74, 6) is 0. The first-order chi connectivity index (χ1) is 6.00. The standard InChI is InChI=1S/C11H17NO/c1-9(11(2,3)13)12-10-7-5-4-6-8-10/h4-9,12-13H,1-3H3. The van der Waals surface area contributed by atoms with Gasteiger partial charge < -0.3 is 10.4 Å². The third kappa shape index (κ3) is 3.07. The van der Waals surface area contributed by atoms with E-state index in [1.165, 1.54) is 0 Å². The van der Waals surface area contributed by atoms with Crippen LogP contribution in [0.1, 0.15) is 20.8 Å². The van der Waals surface area contributed by atoms with Gasteiger partial charge in [0, 0.05) is 5.69 Å². The van der Waals surface area contributed by atoms with Crippen molar-refractivity contribution in [3.63, 3.8) is 0 Å². The molecule has 72 valence electrons. The van der Waals surface area contributed by atoms with Gasteiger partial charge in [0.05, 0.1) is 11.6 Å². The van der Waals surface area contributed by atoms with Crippen LogP contribution < -0.4 is 5.32 Å². The minimum atomic E-state index is -0.699. The number of aliphatic hydroxyl groups is 1. The van der Waals surface area contributed by atoms with Crippen LogP contribution in [0.25, 0.3) is 0 Å². The fourth-order valence-corrected chi connectivity index (χ4v) is 0.961. The predicted molar refractivity (Wildman–Crippen MR) is 55.8 cm³/mol. The third-order valence-electron chi connectivity index (χ3n) is 2.22. The highest BCUT2D eigenvalue weighted by Gasteiger charge is 2.21. The molecule has 2 N–H and O–H groups in total. The summed E-state index contributed by atoms with van der Waals surface area (Å²) in [7, 11) is 0. The lowest BCUT2D eigenvalue weighted by Gasteiger charge is -2.27. The maximum atomic E-state index is 9.68. The van der Waals surface area contributed by atoms with E-state index in [9.17, 15) is 5.11 Å². The van der Waals surface area contributed by atoms with Crippen molar-refractivity contribution >= 4 is 5.69 Å². The number of nitrogens with one attached hydrogen (secondary N) is 1. The zero-order valence-electron chi connectivity index (χ0n) is 8.41. The molecular formula is C11H17NO. The van der Waals surface area contributed by atoms with Crippen LogP contribution in [-0.2, 0) is 0 Å². The van der Waals surface area contributed by atoms with E-state index >= 15 is 0 Å². The molecule has 2 nitrogen and oxygen atoms in total. The molecule has 1 aromatic rings. The van der Waals surface area contributed by atoms with Crippen LogP contribution in [0.2, 0.25) is 0 Å². The number of rotatable bonds is 3. The quantitative estimate of drug-likeness (QED) is 0.746. The van der Waals surface area contributed by atoms with Crippen LogP contribution in [0.4, 0.5) is 5.69 Å². The minimum absolute atomic E-state index is 0.0369. The highest BCUT2D eigenvalue weighted by Crippen LogP contribution is 2.14. The van der Waals surface area contributed by atoms with Crippen molar-refractivity contribution in [2.45, 2.75) is 32.4 Å². The highest BCUT2D eigenvalue weighted by atomic mass is 16.3. The van der Waals surface area contributed by atoms with Crippen molar-refractivity contribution in [1.82, 2.24) is 0 Å². The van der Waals surface area contributed by atoms with E-state index in [1.54, 1.807) is 13.8 Å². The highest BCUT2D eigenvalue weighted by molar-refractivity contribution is 5.43. The topological polar surface area (TPSA) is 32.3 Å². The van der Waals surface area contributed by atoms with Crippen molar-refractivity contribution in [1.29, 1.82) is 0 Å². The van der Waals surface area contributed by atoms with E-state index in [0.29, 0.717) is 0 Å². The zero-order chi connectivity index (χ0) is 9.90. The monoisotopic (exact) mass is 179 g/mol. The van der Waals surface area contributed by atoms with Crippen LogP contribution in [0, 0.1) is 0 Å². The first kappa shape index (κ1) is 10.1. The summed E-state index contributed by atoms with van der Waals surface area (Å²) < 4.78 is 0. The first-order valence-electron chi connectivity index (χ1n) is 4.54. The Morgan fingerprint density at radius 2 is 1.77 bits per heavy atom. The molecule has 0 heterocycles. The Hall–Kier alpha value is -1.02. The fraction of sp³-hybridized carbons (Fsp3) is 0.455. The maximum absolute atomic E-state index is 9.68. The average molecular weight is 179 g/mol. The SMILES string of the molecule is CC(Nc1ccccc1)C(C)(C)O. The molecule has 1 aromatic carbocycles. The summed E-state index contributed by atoms with van der Waals surface area (Å²) in [4.78, 5) is 0. The van der Waals surface area contributed by atoms with E-state index in [4.69, 9.17) is 0 Å². The molecule has 1 rings (SSSR count). The second-order valence-electron chi connectivity index (χ2n) is 3.89. The fourth-order valence-electron chi connectivity index (χ4n) is 0.961. The Morgan fingerprint density at radius 1 is 1.23 bits per heavy atom. The summed E-state index contributed by atoms with van der Waals surface area (Å²) in [6, 6.07) is 9.93. The lowest BCUT2D eigenvalue weighted by molar-refractivity contribution is 0.0649. The van der Waals surface area contributed by atoms with E-state index < -0.39 is 5.60 Å². The molecule has 1 unspecified atom stereocenters. The summed E-state index contributed by atoms with van der Waals surface area (Å²) in [5, 5.41) is 12.9. The van der Waals surface area contributed by atoms with Gasteiger partial charge in [-0.3, -0.25) is 0 Å². The Balaban J connectivity index is 2.61. The first-order valence-corrected chi connectivity index (χ1v) is 4.54. The average Bonchev–Trinajstić information content (AvgIpc) is 2.04. The number of anilines is 1. The summed E-state index contributed by atoms with van der Waals surface area (Å²) in [6.45, 7) is 5.56. The van der Waals surface area contributed by atoms with Crippen LogP contribution in [0.15, 0.2) is 30.3 Å². The molecule has 0 saturated carbocycles. The molecule has 0 radical (unpaired) electrons. The second-order valence-corrected chi connectivity index (χ2v) is 3.89. The van der Waals surface area contributed by atoms with Crippen LogP contribution in [0.5, 0.6) is 0 Å².